The van der Waals surface area contributed by atoms with Crippen LogP contribution in [0.1, 0.15) is 38.8 Å². The van der Waals surface area contributed by atoms with Crippen molar-refractivity contribution in [1.82, 2.24) is 24.4 Å². The fraction of sp³-hybridized carbons (Fsp3) is 0.364. The highest BCUT2D eigenvalue weighted by molar-refractivity contribution is 7.99. The van der Waals surface area contributed by atoms with Crippen molar-refractivity contribution in [2.45, 2.75) is 44.0 Å². The molecule has 5 heterocycles. The molecule has 3 aromatic heterocycles. The van der Waals surface area contributed by atoms with Crippen molar-refractivity contribution in [2.75, 3.05) is 48.8 Å². The van der Waals surface area contributed by atoms with Gasteiger partial charge in [0.25, 0.3) is 0 Å². The Morgan fingerprint density at radius 2 is 1.93 bits per heavy atom. The van der Waals surface area contributed by atoms with E-state index in [1.807, 2.05) is 43.7 Å². The number of hydrogen-bond acceptors (Lipinski definition) is 8. The number of halogens is 2. The van der Waals surface area contributed by atoms with Gasteiger partial charge in [0.05, 0.1) is 22.3 Å². The first-order valence-electron chi connectivity index (χ1n) is 15.0. The summed E-state index contributed by atoms with van der Waals surface area (Å²) in [6.45, 7) is 11.2. The highest BCUT2D eigenvalue weighted by Gasteiger charge is 2.31. The van der Waals surface area contributed by atoms with E-state index >= 15 is 8.78 Å². The van der Waals surface area contributed by atoms with Gasteiger partial charge in [-0.1, -0.05) is 26.5 Å². The molecule has 1 aromatic carbocycles. The summed E-state index contributed by atoms with van der Waals surface area (Å²) in [4.78, 5) is 46.9. The third-order valence-electron chi connectivity index (χ3n) is 8.41. The summed E-state index contributed by atoms with van der Waals surface area (Å²) in [6, 6.07) is 7.58. The predicted molar refractivity (Wildman–Crippen MR) is 175 cm³/mol. The molecule has 0 N–H and O–H groups in total. The lowest BCUT2D eigenvalue weighted by molar-refractivity contribution is -0.126. The molecule has 45 heavy (non-hydrogen) atoms. The number of benzene rings is 1. The fourth-order valence-corrected chi connectivity index (χ4v) is 7.17. The number of hydrogen-bond donors (Lipinski definition) is 0. The van der Waals surface area contributed by atoms with Crippen LogP contribution in [0, 0.1) is 11.6 Å². The van der Waals surface area contributed by atoms with E-state index in [-0.39, 0.29) is 40.6 Å². The molecule has 0 unspecified atom stereocenters. The third kappa shape index (κ3) is 5.45. The Morgan fingerprint density at radius 1 is 1.13 bits per heavy atom. The minimum atomic E-state index is -0.733. The lowest BCUT2D eigenvalue weighted by Crippen LogP contribution is -2.54. The number of pyridine rings is 2. The highest BCUT2D eigenvalue weighted by Crippen LogP contribution is 2.39. The van der Waals surface area contributed by atoms with Crippen molar-refractivity contribution in [2.24, 2.45) is 0 Å². The molecule has 1 atom stereocenters. The molecule has 4 aromatic rings. The molecule has 0 aliphatic carbocycles. The standard InChI is InChI=1S/C33H35F2N7O2S/c1-6-26(43)40-14-15-41(20(4)18-40)31-21-17-23(35)29-27-22(34)9-7-10-24(27)39(5)13-8-16-45-25-11-12-36-28(19(2)3)30(25)42(32(21)37-29)33(44)38-31/h6-7,9-12,17,19-20H,1,8,13-16,18H2,2-5H3/t20-/m0/s1. The van der Waals surface area contributed by atoms with Gasteiger partial charge in [0.15, 0.2) is 11.5 Å². The van der Waals surface area contributed by atoms with Crippen LogP contribution in [0.3, 0.4) is 0 Å². The Labute approximate surface area is 264 Å². The number of rotatable bonds is 3. The Kier molecular flexibility index (Phi) is 8.34. The predicted octanol–water partition coefficient (Wildman–Crippen LogP) is 5.40. The van der Waals surface area contributed by atoms with E-state index in [1.54, 1.807) is 35.0 Å². The van der Waals surface area contributed by atoms with Gasteiger partial charge in [-0.3, -0.25) is 9.78 Å². The van der Waals surface area contributed by atoms with Gasteiger partial charge in [-0.15, -0.1) is 11.8 Å². The van der Waals surface area contributed by atoms with Crippen LogP contribution in [0.15, 0.2) is 58.9 Å². The molecule has 2 aliphatic rings. The van der Waals surface area contributed by atoms with E-state index in [9.17, 15) is 9.59 Å². The number of anilines is 2. The summed E-state index contributed by atoms with van der Waals surface area (Å²) in [7, 11) is 1.85. The molecule has 9 nitrogen and oxygen atoms in total. The van der Waals surface area contributed by atoms with Crippen LogP contribution in [0.25, 0.3) is 28.0 Å². The van der Waals surface area contributed by atoms with E-state index in [1.165, 1.54) is 22.8 Å². The molecule has 12 heteroatoms. The second-order valence-corrected chi connectivity index (χ2v) is 12.9. The molecule has 0 radical (unpaired) electrons. The van der Waals surface area contributed by atoms with Gasteiger partial charge >= 0.3 is 5.69 Å². The van der Waals surface area contributed by atoms with Crippen molar-refractivity contribution in [3.05, 3.63) is 77.0 Å². The summed E-state index contributed by atoms with van der Waals surface area (Å²) < 4.78 is 33.4. The second kappa shape index (κ2) is 12.2. The summed E-state index contributed by atoms with van der Waals surface area (Å²) in [5, 5.41) is 0.307. The SMILES string of the molecule is C=CC(=O)N1CCN(c2nc(=O)n3c4nc(c(F)cc24)-c2c(F)cccc2N(C)CCCSc2ccnc(C(C)C)c2-3)[C@@H](C)C1. The van der Waals surface area contributed by atoms with Crippen molar-refractivity contribution < 1.29 is 13.6 Å². The molecule has 2 aliphatic heterocycles. The number of thioether (sulfide) groups is 1. The van der Waals surface area contributed by atoms with Gasteiger partial charge in [0.2, 0.25) is 5.91 Å². The summed E-state index contributed by atoms with van der Waals surface area (Å²) >= 11 is 1.60. The quantitative estimate of drug-likeness (QED) is 0.278. The number of amides is 1. The van der Waals surface area contributed by atoms with E-state index in [0.717, 1.165) is 17.1 Å². The largest absolute Gasteiger partial charge is 0.374 e. The molecular weight excluding hydrogens is 596 g/mol. The van der Waals surface area contributed by atoms with Crippen LogP contribution < -0.4 is 15.5 Å². The Bertz CT molecular complexity index is 1880. The first-order valence-corrected chi connectivity index (χ1v) is 16.0. The molecule has 6 rings (SSSR count). The molecule has 0 spiro atoms. The summed E-state index contributed by atoms with van der Waals surface area (Å²) in [5.74, 6) is -0.600. The monoisotopic (exact) mass is 631 g/mol. The number of carbonyl (C=O) groups is 1. The molecule has 2 bridgehead atoms. The lowest BCUT2D eigenvalue weighted by atomic mass is 10.0. The third-order valence-corrected chi connectivity index (χ3v) is 9.54. The maximum Gasteiger partial charge on any atom is 0.355 e. The molecule has 1 saturated heterocycles. The minimum Gasteiger partial charge on any atom is -0.374 e. The maximum atomic E-state index is 16.3. The molecule has 1 fully saturated rings. The van der Waals surface area contributed by atoms with E-state index in [0.29, 0.717) is 48.6 Å². The van der Waals surface area contributed by atoms with Crippen LogP contribution in [0.2, 0.25) is 0 Å². The van der Waals surface area contributed by atoms with Crippen molar-refractivity contribution >= 4 is 40.2 Å². The smallest absolute Gasteiger partial charge is 0.355 e. The maximum absolute atomic E-state index is 16.3. The van der Waals surface area contributed by atoms with Crippen LogP contribution in [-0.2, 0) is 4.79 Å². The first-order chi connectivity index (χ1) is 21.6. The van der Waals surface area contributed by atoms with Crippen molar-refractivity contribution in [3.63, 3.8) is 0 Å². The number of aromatic nitrogens is 4. The Hall–Kier alpha value is -4.32. The van der Waals surface area contributed by atoms with E-state index < -0.39 is 17.3 Å². The van der Waals surface area contributed by atoms with Crippen LogP contribution in [0.4, 0.5) is 20.3 Å². The molecule has 1 amide bonds. The van der Waals surface area contributed by atoms with E-state index in [4.69, 9.17) is 4.98 Å². The number of carbonyl (C=O) groups excluding carboxylic acids is 1. The lowest BCUT2D eigenvalue weighted by Gasteiger charge is -2.40. The zero-order valence-corrected chi connectivity index (χ0v) is 26.6. The Balaban J connectivity index is 1.69. The van der Waals surface area contributed by atoms with Gasteiger partial charge < -0.3 is 14.7 Å². The van der Waals surface area contributed by atoms with Crippen LogP contribution >= 0.6 is 11.8 Å². The van der Waals surface area contributed by atoms with Gasteiger partial charge in [-0.2, -0.15) is 4.98 Å². The van der Waals surface area contributed by atoms with Gasteiger partial charge in [0, 0.05) is 56.0 Å². The zero-order chi connectivity index (χ0) is 32.0. The topological polar surface area (TPSA) is 87.5 Å². The number of fused-ring (bicyclic) bond motifs is 5. The van der Waals surface area contributed by atoms with Crippen molar-refractivity contribution in [1.29, 1.82) is 0 Å². The fourth-order valence-electron chi connectivity index (χ4n) is 6.19. The summed E-state index contributed by atoms with van der Waals surface area (Å²) in [6.07, 6.45) is 3.76. The van der Waals surface area contributed by atoms with E-state index in [2.05, 4.69) is 16.5 Å². The zero-order valence-electron chi connectivity index (χ0n) is 25.8. The van der Waals surface area contributed by atoms with Gasteiger partial charge in [0.1, 0.15) is 17.3 Å². The average Bonchev–Trinajstić information content (AvgIpc) is 3.02. The number of nitrogens with zero attached hydrogens (tertiary/aromatic N) is 7. The molecule has 0 saturated carbocycles. The van der Waals surface area contributed by atoms with Crippen LogP contribution in [-0.4, -0.2) is 75.3 Å². The molecule has 234 valence electrons. The van der Waals surface area contributed by atoms with Crippen LogP contribution in [0.5, 0.6) is 0 Å². The highest BCUT2D eigenvalue weighted by atomic mass is 32.2. The molecular formula is C33H35F2N7O2S. The van der Waals surface area contributed by atoms with Gasteiger partial charge in [-0.05, 0) is 55.4 Å². The second-order valence-electron chi connectivity index (χ2n) is 11.7. The normalized spacial score (nSPS) is 17.0. The first kappa shape index (κ1) is 30.7. The summed E-state index contributed by atoms with van der Waals surface area (Å²) in [5.41, 5.74) is 1.13. The minimum absolute atomic E-state index is 0.0316. The Morgan fingerprint density at radius 3 is 2.67 bits per heavy atom. The van der Waals surface area contributed by atoms with Gasteiger partial charge in [-0.25, -0.2) is 23.1 Å². The number of piperazine rings is 1. The van der Waals surface area contributed by atoms with Crippen molar-refractivity contribution in [3.8, 4) is 16.9 Å². The average molecular weight is 632 g/mol.